The average Bonchev–Trinajstić information content (AvgIpc) is 2.02. The van der Waals surface area contributed by atoms with Gasteiger partial charge in [0.1, 0.15) is 12.3 Å². The fourth-order valence-electron chi connectivity index (χ4n) is 0.969. The number of ether oxygens (including phenoxy) is 1. The van der Waals surface area contributed by atoms with E-state index >= 15 is 0 Å². The number of rotatable bonds is 2. The van der Waals surface area contributed by atoms with Crippen LogP contribution >= 0.6 is 0 Å². The molecule has 1 aromatic heterocycles. The van der Waals surface area contributed by atoms with Crippen LogP contribution in [0.2, 0.25) is 0 Å². The number of halogens is 3. The number of aryl methyl sites for hydroxylation is 1. The smallest absolute Gasteiger partial charge is 0.377 e. The van der Waals surface area contributed by atoms with E-state index in [1.54, 1.807) is 0 Å². The summed E-state index contributed by atoms with van der Waals surface area (Å²) < 4.78 is 41.4. The molecule has 0 fully saturated rings. The molecule has 0 N–H and O–H groups in total. The summed E-state index contributed by atoms with van der Waals surface area (Å²) in [5.41, 5.74) is -0.656. The second kappa shape index (κ2) is 3.91. The molecule has 0 atom stereocenters. The number of aromatic nitrogens is 2. The van der Waals surface area contributed by atoms with Gasteiger partial charge in [-0.1, -0.05) is 0 Å². The van der Waals surface area contributed by atoms with Crippen LogP contribution in [0.15, 0.2) is 6.07 Å². The standard InChI is InChI=1S/C8H9F3N2O/c1-5-3-6(8(9,10)11)13-7(12-5)4-14-2/h3H,4H2,1-2H3. The predicted octanol–water partition coefficient (Wildman–Crippen LogP) is 1.95. The van der Waals surface area contributed by atoms with E-state index < -0.39 is 11.9 Å². The summed E-state index contributed by atoms with van der Waals surface area (Å²) in [6, 6.07) is 0.902. The van der Waals surface area contributed by atoms with Crippen molar-refractivity contribution in [1.82, 2.24) is 9.97 Å². The molecule has 0 aliphatic carbocycles. The van der Waals surface area contributed by atoms with Crippen molar-refractivity contribution >= 4 is 0 Å². The molecule has 1 heterocycles. The van der Waals surface area contributed by atoms with Crippen molar-refractivity contribution < 1.29 is 17.9 Å². The monoisotopic (exact) mass is 206 g/mol. The van der Waals surface area contributed by atoms with Crippen molar-refractivity contribution in [3.8, 4) is 0 Å². The Hall–Kier alpha value is -1.17. The SMILES string of the molecule is COCc1nc(C)cc(C(F)(F)F)n1. The van der Waals surface area contributed by atoms with Crippen LogP contribution in [0.4, 0.5) is 13.2 Å². The van der Waals surface area contributed by atoms with Crippen LogP contribution < -0.4 is 0 Å². The second-order valence-electron chi connectivity index (χ2n) is 2.74. The van der Waals surface area contributed by atoms with Gasteiger partial charge >= 0.3 is 6.18 Å². The maximum Gasteiger partial charge on any atom is 0.433 e. The van der Waals surface area contributed by atoms with Crippen LogP contribution in [-0.4, -0.2) is 17.1 Å². The number of methoxy groups -OCH3 is 1. The fourth-order valence-corrected chi connectivity index (χ4v) is 0.969. The Morgan fingerprint density at radius 1 is 1.36 bits per heavy atom. The van der Waals surface area contributed by atoms with E-state index in [2.05, 4.69) is 14.7 Å². The van der Waals surface area contributed by atoms with Crippen LogP contribution in [0.3, 0.4) is 0 Å². The van der Waals surface area contributed by atoms with Crippen molar-refractivity contribution in [3.63, 3.8) is 0 Å². The Bertz CT molecular complexity index is 325. The van der Waals surface area contributed by atoms with Crippen molar-refractivity contribution in [2.75, 3.05) is 7.11 Å². The van der Waals surface area contributed by atoms with Gasteiger partial charge in [-0.05, 0) is 13.0 Å². The Morgan fingerprint density at radius 2 is 2.00 bits per heavy atom. The Balaban J connectivity index is 3.07. The van der Waals surface area contributed by atoms with E-state index in [1.807, 2.05) is 0 Å². The lowest BCUT2D eigenvalue weighted by atomic mass is 10.3. The van der Waals surface area contributed by atoms with E-state index in [0.717, 1.165) is 6.07 Å². The molecule has 0 spiro atoms. The maximum absolute atomic E-state index is 12.3. The minimum atomic E-state index is -4.43. The molecule has 1 aromatic rings. The molecular weight excluding hydrogens is 197 g/mol. The number of hydrogen-bond acceptors (Lipinski definition) is 3. The molecule has 0 aliphatic heterocycles. The van der Waals surface area contributed by atoms with Gasteiger partial charge in [0, 0.05) is 12.8 Å². The van der Waals surface area contributed by atoms with Gasteiger partial charge in [0.15, 0.2) is 5.82 Å². The summed E-state index contributed by atoms with van der Waals surface area (Å²) in [6.45, 7) is 1.46. The van der Waals surface area contributed by atoms with Gasteiger partial charge in [-0.15, -0.1) is 0 Å². The van der Waals surface area contributed by atoms with Crippen molar-refractivity contribution in [3.05, 3.63) is 23.3 Å². The lowest BCUT2D eigenvalue weighted by Gasteiger charge is -2.07. The molecule has 0 unspecified atom stereocenters. The van der Waals surface area contributed by atoms with Gasteiger partial charge in [0.25, 0.3) is 0 Å². The van der Waals surface area contributed by atoms with E-state index in [9.17, 15) is 13.2 Å². The summed E-state index contributed by atoms with van der Waals surface area (Å²) in [6.07, 6.45) is -4.43. The van der Waals surface area contributed by atoms with E-state index in [1.165, 1.54) is 14.0 Å². The van der Waals surface area contributed by atoms with E-state index in [0.29, 0.717) is 0 Å². The fraction of sp³-hybridized carbons (Fsp3) is 0.500. The molecule has 0 amide bonds. The zero-order valence-electron chi connectivity index (χ0n) is 7.72. The third-order valence-electron chi connectivity index (χ3n) is 1.46. The number of hydrogen-bond donors (Lipinski definition) is 0. The molecule has 0 bridgehead atoms. The molecule has 1 rings (SSSR count). The summed E-state index contributed by atoms with van der Waals surface area (Å²) in [5.74, 6) is 0.0415. The summed E-state index contributed by atoms with van der Waals surface area (Å²) in [4.78, 5) is 7.13. The first-order chi connectivity index (χ1) is 6.43. The summed E-state index contributed by atoms with van der Waals surface area (Å²) >= 11 is 0. The van der Waals surface area contributed by atoms with Crippen LogP contribution in [0, 0.1) is 6.92 Å². The van der Waals surface area contributed by atoms with Gasteiger partial charge in [0.05, 0.1) is 0 Å². The average molecular weight is 206 g/mol. The first-order valence-corrected chi connectivity index (χ1v) is 3.84. The highest BCUT2D eigenvalue weighted by Crippen LogP contribution is 2.27. The zero-order valence-corrected chi connectivity index (χ0v) is 7.72. The predicted molar refractivity (Wildman–Crippen MR) is 42.5 cm³/mol. The van der Waals surface area contributed by atoms with Crippen LogP contribution in [0.5, 0.6) is 0 Å². The van der Waals surface area contributed by atoms with Crippen LogP contribution in [-0.2, 0) is 17.5 Å². The van der Waals surface area contributed by atoms with E-state index in [-0.39, 0.29) is 18.1 Å². The Labute approximate surface area is 78.9 Å². The van der Waals surface area contributed by atoms with Gasteiger partial charge < -0.3 is 4.74 Å². The topological polar surface area (TPSA) is 35.0 Å². The van der Waals surface area contributed by atoms with Crippen LogP contribution in [0.1, 0.15) is 17.2 Å². The van der Waals surface area contributed by atoms with Gasteiger partial charge in [-0.25, -0.2) is 9.97 Å². The molecule has 78 valence electrons. The summed E-state index contributed by atoms with van der Waals surface area (Å²) in [7, 11) is 1.37. The van der Waals surface area contributed by atoms with Crippen molar-refractivity contribution in [1.29, 1.82) is 0 Å². The normalized spacial score (nSPS) is 11.8. The molecule has 14 heavy (non-hydrogen) atoms. The third-order valence-corrected chi connectivity index (χ3v) is 1.46. The highest BCUT2D eigenvalue weighted by Gasteiger charge is 2.33. The quantitative estimate of drug-likeness (QED) is 0.741. The van der Waals surface area contributed by atoms with Crippen LogP contribution in [0.25, 0.3) is 0 Å². The summed E-state index contributed by atoms with van der Waals surface area (Å²) in [5, 5.41) is 0. The largest absolute Gasteiger partial charge is 0.433 e. The lowest BCUT2D eigenvalue weighted by Crippen LogP contribution is -2.12. The molecule has 0 radical (unpaired) electrons. The van der Waals surface area contributed by atoms with Gasteiger partial charge in [0.2, 0.25) is 0 Å². The Morgan fingerprint density at radius 3 is 2.50 bits per heavy atom. The highest BCUT2D eigenvalue weighted by atomic mass is 19.4. The number of alkyl halides is 3. The molecule has 0 saturated carbocycles. The molecule has 0 aromatic carbocycles. The minimum Gasteiger partial charge on any atom is -0.377 e. The first-order valence-electron chi connectivity index (χ1n) is 3.84. The van der Waals surface area contributed by atoms with Crippen molar-refractivity contribution in [2.45, 2.75) is 19.7 Å². The van der Waals surface area contributed by atoms with E-state index in [4.69, 9.17) is 0 Å². The first kappa shape index (κ1) is 10.9. The minimum absolute atomic E-state index is 0.0231. The Kier molecular flexibility index (Phi) is 3.05. The molecular formula is C8H9F3N2O. The molecule has 0 aliphatic rings. The lowest BCUT2D eigenvalue weighted by molar-refractivity contribution is -0.141. The zero-order chi connectivity index (χ0) is 10.8. The van der Waals surface area contributed by atoms with Crippen molar-refractivity contribution in [2.24, 2.45) is 0 Å². The molecule has 6 heteroatoms. The second-order valence-corrected chi connectivity index (χ2v) is 2.74. The van der Waals surface area contributed by atoms with Gasteiger partial charge in [-0.2, -0.15) is 13.2 Å². The molecule has 0 saturated heterocycles. The van der Waals surface area contributed by atoms with Gasteiger partial charge in [-0.3, -0.25) is 0 Å². The highest BCUT2D eigenvalue weighted by molar-refractivity contribution is 5.12. The third kappa shape index (κ3) is 2.66. The maximum atomic E-state index is 12.3. The number of nitrogens with zero attached hydrogens (tertiary/aromatic N) is 2. The molecule has 3 nitrogen and oxygen atoms in total.